The highest BCUT2D eigenvalue weighted by Crippen LogP contribution is 2.30. The average Bonchev–Trinajstić information content (AvgIpc) is 2.84. The van der Waals surface area contributed by atoms with E-state index in [1.807, 2.05) is 43.3 Å². The van der Waals surface area contributed by atoms with E-state index >= 15 is 0 Å². The Morgan fingerprint density at radius 2 is 2.05 bits per heavy atom. The fourth-order valence-corrected chi connectivity index (χ4v) is 2.38. The summed E-state index contributed by atoms with van der Waals surface area (Å²) in [7, 11) is 0. The Kier molecular flexibility index (Phi) is 3.20. The van der Waals surface area contributed by atoms with Crippen LogP contribution in [0.2, 0.25) is 0 Å². The average molecular weight is 278 g/mol. The standard InChI is InChI=1S/C16H14N4O/c1-2-21-14-9-4-3-7-12(14)20-13-8-5-6-11(10-17)15(13)19-16(20)18/h3-9H,2H2,1H3,(H2,18,19). The van der Waals surface area contributed by atoms with E-state index in [-0.39, 0.29) is 0 Å². The molecular formula is C16H14N4O. The molecule has 0 radical (unpaired) electrons. The van der Waals surface area contributed by atoms with Crippen LogP contribution in [-0.2, 0) is 0 Å². The Morgan fingerprint density at radius 3 is 2.81 bits per heavy atom. The summed E-state index contributed by atoms with van der Waals surface area (Å²) in [6, 6.07) is 15.2. The highest BCUT2D eigenvalue weighted by Gasteiger charge is 2.15. The molecule has 0 aliphatic heterocycles. The van der Waals surface area contributed by atoms with Crippen LogP contribution in [0.4, 0.5) is 5.95 Å². The van der Waals surface area contributed by atoms with Crippen LogP contribution in [0, 0.1) is 11.3 Å². The number of ether oxygens (including phenoxy) is 1. The number of aromatic nitrogens is 2. The number of anilines is 1. The van der Waals surface area contributed by atoms with Crippen molar-refractivity contribution in [3.63, 3.8) is 0 Å². The first-order chi connectivity index (χ1) is 10.3. The van der Waals surface area contributed by atoms with Gasteiger partial charge in [-0.1, -0.05) is 18.2 Å². The molecular weight excluding hydrogens is 264 g/mol. The predicted molar refractivity (Wildman–Crippen MR) is 81.4 cm³/mol. The maximum Gasteiger partial charge on any atom is 0.206 e. The third-order valence-corrected chi connectivity index (χ3v) is 3.24. The van der Waals surface area contributed by atoms with Gasteiger partial charge < -0.3 is 10.5 Å². The molecule has 0 fully saturated rings. The van der Waals surface area contributed by atoms with Gasteiger partial charge in [-0.15, -0.1) is 0 Å². The zero-order chi connectivity index (χ0) is 14.8. The van der Waals surface area contributed by atoms with Gasteiger partial charge in [0.2, 0.25) is 5.95 Å². The molecule has 104 valence electrons. The lowest BCUT2D eigenvalue weighted by Crippen LogP contribution is -2.04. The number of hydrogen-bond acceptors (Lipinski definition) is 4. The molecule has 3 aromatic rings. The Labute approximate surface area is 122 Å². The van der Waals surface area contributed by atoms with Gasteiger partial charge in [-0.25, -0.2) is 4.98 Å². The first-order valence-corrected chi connectivity index (χ1v) is 6.65. The minimum atomic E-state index is 0.333. The molecule has 0 spiro atoms. The zero-order valence-corrected chi connectivity index (χ0v) is 11.6. The van der Waals surface area contributed by atoms with Crippen molar-refractivity contribution < 1.29 is 4.74 Å². The van der Waals surface area contributed by atoms with Crippen molar-refractivity contribution in [3.8, 4) is 17.5 Å². The lowest BCUT2D eigenvalue weighted by molar-refractivity contribution is 0.339. The topological polar surface area (TPSA) is 76.9 Å². The van der Waals surface area contributed by atoms with E-state index < -0.39 is 0 Å². The SMILES string of the molecule is CCOc1ccccc1-n1c(N)nc2c(C#N)cccc21. The summed E-state index contributed by atoms with van der Waals surface area (Å²) in [5.74, 6) is 1.06. The van der Waals surface area contributed by atoms with Crippen LogP contribution in [0.25, 0.3) is 16.7 Å². The minimum absolute atomic E-state index is 0.333. The van der Waals surface area contributed by atoms with E-state index in [0.717, 1.165) is 17.0 Å². The van der Waals surface area contributed by atoms with Crippen LogP contribution in [0.5, 0.6) is 5.75 Å². The van der Waals surface area contributed by atoms with Gasteiger partial charge in [0.25, 0.3) is 0 Å². The number of nitriles is 1. The van der Waals surface area contributed by atoms with Crippen LogP contribution in [0.1, 0.15) is 12.5 Å². The predicted octanol–water partition coefficient (Wildman–Crippen LogP) is 2.88. The molecule has 0 amide bonds. The Balaban J connectivity index is 2.32. The normalized spacial score (nSPS) is 10.5. The Morgan fingerprint density at radius 1 is 1.24 bits per heavy atom. The number of fused-ring (bicyclic) bond motifs is 1. The fourth-order valence-electron chi connectivity index (χ4n) is 2.38. The third-order valence-electron chi connectivity index (χ3n) is 3.24. The molecule has 2 N–H and O–H groups in total. The molecule has 0 bridgehead atoms. The molecule has 0 saturated carbocycles. The van der Waals surface area contributed by atoms with E-state index in [0.29, 0.717) is 23.6 Å². The molecule has 0 atom stereocenters. The summed E-state index contributed by atoms with van der Waals surface area (Å²) in [5, 5.41) is 9.18. The number of rotatable bonds is 3. The summed E-state index contributed by atoms with van der Waals surface area (Å²) < 4.78 is 7.46. The van der Waals surface area contributed by atoms with Crippen molar-refractivity contribution in [2.24, 2.45) is 0 Å². The number of nitrogens with two attached hydrogens (primary N) is 1. The van der Waals surface area contributed by atoms with Gasteiger partial charge in [-0.2, -0.15) is 5.26 Å². The fraction of sp³-hybridized carbons (Fsp3) is 0.125. The van der Waals surface area contributed by atoms with Crippen LogP contribution >= 0.6 is 0 Å². The monoisotopic (exact) mass is 278 g/mol. The summed E-state index contributed by atoms with van der Waals surface area (Å²) in [6.45, 7) is 2.49. The van der Waals surface area contributed by atoms with Crippen LogP contribution in [-0.4, -0.2) is 16.2 Å². The number of nitrogen functional groups attached to an aromatic ring is 1. The zero-order valence-electron chi connectivity index (χ0n) is 11.6. The van der Waals surface area contributed by atoms with E-state index in [1.165, 1.54) is 0 Å². The highest BCUT2D eigenvalue weighted by molar-refractivity contribution is 5.86. The van der Waals surface area contributed by atoms with Crippen LogP contribution in [0.15, 0.2) is 42.5 Å². The number of hydrogen-bond donors (Lipinski definition) is 1. The smallest absolute Gasteiger partial charge is 0.206 e. The van der Waals surface area contributed by atoms with Crippen LogP contribution < -0.4 is 10.5 Å². The summed E-state index contributed by atoms with van der Waals surface area (Å²) in [6.07, 6.45) is 0. The molecule has 5 heteroatoms. The van der Waals surface area contributed by atoms with Gasteiger partial charge in [0.05, 0.1) is 23.4 Å². The lowest BCUT2D eigenvalue weighted by atomic mass is 10.2. The van der Waals surface area contributed by atoms with Crippen molar-refractivity contribution in [1.29, 1.82) is 5.26 Å². The summed E-state index contributed by atoms with van der Waals surface area (Å²) in [5.41, 5.74) is 8.77. The van der Waals surface area contributed by atoms with E-state index in [9.17, 15) is 5.26 Å². The molecule has 3 rings (SSSR count). The van der Waals surface area contributed by atoms with Crippen molar-refractivity contribution in [1.82, 2.24) is 9.55 Å². The third kappa shape index (κ3) is 2.07. The number of imidazole rings is 1. The van der Waals surface area contributed by atoms with Gasteiger partial charge in [0.15, 0.2) is 0 Å². The first-order valence-electron chi connectivity index (χ1n) is 6.65. The number of benzene rings is 2. The van der Waals surface area contributed by atoms with E-state index in [4.69, 9.17) is 10.5 Å². The highest BCUT2D eigenvalue weighted by atomic mass is 16.5. The molecule has 0 aliphatic rings. The molecule has 2 aromatic carbocycles. The molecule has 1 aromatic heterocycles. The second kappa shape index (κ2) is 5.17. The van der Waals surface area contributed by atoms with Gasteiger partial charge >= 0.3 is 0 Å². The van der Waals surface area contributed by atoms with E-state index in [1.54, 1.807) is 10.6 Å². The second-order valence-electron chi connectivity index (χ2n) is 4.49. The molecule has 0 aliphatic carbocycles. The summed E-state index contributed by atoms with van der Waals surface area (Å²) >= 11 is 0. The maximum atomic E-state index is 9.18. The van der Waals surface area contributed by atoms with Gasteiger partial charge in [0, 0.05) is 0 Å². The lowest BCUT2D eigenvalue weighted by Gasteiger charge is -2.12. The van der Waals surface area contributed by atoms with Crippen molar-refractivity contribution in [3.05, 3.63) is 48.0 Å². The number of nitrogens with zero attached hydrogens (tertiary/aromatic N) is 3. The maximum absolute atomic E-state index is 9.18. The Hall–Kier alpha value is -3.00. The molecule has 1 heterocycles. The molecule has 21 heavy (non-hydrogen) atoms. The summed E-state index contributed by atoms with van der Waals surface area (Å²) in [4.78, 5) is 4.32. The van der Waals surface area contributed by atoms with Crippen molar-refractivity contribution in [2.45, 2.75) is 6.92 Å². The largest absolute Gasteiger partial charge is 0.492 e. The van der Waals surface area contributed by atoms with Crippen molar-refractivity contribution in [2.75, 3.05) is 12.3 Å². The van der Waals surface area contributed by atoms with Gasteiger partial charge in [-0.3, -0.25) is 4.57 Å². The molecule has 5 nitrogen and oxygen atoms in total. The Bertz CT molecular complexity index is 845. The molecule has 0 saturated heterocycles. The van der Waals surface area contributed by atoms with Crippen molar-refractivity contribution >= 4 is 17.0 Å². The minimum Gasteiger partial charge on any atom is -0.492 e. The van der Waals surface area contributed by atoms with E-state index in [2.05, 4.69) is 11.1 Å². The second-order valence-corrected chi connectivity index (χ2v) is 4.49. The van der Waals surface area contributed by atoms with Crippen LogP contribution in [0.3, 0.4) is 0 Å². The number of para-hydroxylation sites is 3. The van der Waals surface area contributed by atoms with Gasteiger partial charge in [0.1, 0.15) is 17.3 Å². The van der Waals surface area contributed by atoms with Gasteiger partial charge in [-0.05, 0) is 31.2 Å². The first kappa shape index (κ1) is 13.0. The molecule has 0 unspecified atom stereocenters. The quantitative estimate of drug-likeness (QED) is 0.799.